The molecule has 1 saturated heterocycles. The zero-order chi connectivity index (χ0) is 11.5. The molecule has 88 valence electrons. The van der Waals surface area contributed by atoms with E-state index in [1.54, 1.807) is 0 Å². The van der Waals surface area contributed by atoms with Crippen molar-refractivity contribution in [3.05, 3.63) is 18.0 Å². The van der Waals surface area contributed by atoms with Gasteiger partial charge in [0.1, 0.15) is 0 Å². The molecule has 0 amide bonds. The highest BCUT2D eigenvalue weighted by Crippen LogP contribution is 2.21. The van der Waals surface area contributed by atoms with Crippen LogP contribution in [0.5, 0.6) is 0 Å². The molecule has 1 aliphatic heterocycles. The summed E-state index contributed by atoms with van der Waals surface area (Å²) in [6, 6.07) is 0.384. The van der Waals surface area contributed by atoms with Gasteiger partial charge in [0, 0.05) is 31.4 Å². The topological polar surface area (TPSA) is 38.2 Å². The molecule has 16 heavy (non-hydrogen) atoms. The molecule has 2 rings (SSSR count). The number of anilines is 1. The Labute approximate surface area is 104 Å². The van der Waals surface area contributed by atoms with Crippen LogP contribution in [0.25, 0.3) is 0 Å². The molecule has 2 heterocycles. The van der Waals surface area contributed by atoms with Crippen LogP contribution in [0, 0.1) is 0 Å². The summed E-state index contributed by atoms with van der Waals surface area (Å²) in [7, 11) is 2.03. The van der Waals surface area contributed by atoms with E-state index in [4.69, 9.17) is 4.74 Å². The minimum Gasteiger partial charge on any atom is -0.376 e. The fraction of sp³-hybridized carbons (Fsp3) is 0.636. The smallest absolute Gasteiger partial charge is 0.225 e. The fourth-order valence-corrected chi connectivity index (χ4v) is 2.27. The minimum atomic E-state index is 0.254. The molecule has 0 bridgehead atoms. The van der Waals surface area contributed by atoms with E-state index < -0.39 is 0 Å². The van der Waals surface area contributed by atoms with Gasteiger partial charge in [-0.05, 0) is 18.9 Å². The van der Waals surface area contributed by atoms with Gasteiger partial charge in [-0.25, -0.2) is 9.97 Å². The van der Waals surface area contributed by atoms with E-state index in [-0.39, 0.29) is 6.10 Å². The van der Waals surface area contributed by atoms with Crippen molar-refractivity contribution in [1.29, 1.82) is 0 Å². The average Bonchev–Trinajstić information content (AvgIpc) is 2.75. The minimum absolute atomic E-state index is 0.254. The molecule has 2 atom stereocenters. The Balaban J connectivity index is 2.10. The largest absolute Gasteiger partial charge is 0.376 e. The SMILES string of the molecule is CC1OCCC1N(C)c1ncc(CBr)cn1. The van der Waals surface area contributed by atoms with E-state index >= 15 is 0 Å². The zero-order valence-electron chi connectivity index (χ0n) is 9.56. The molecular weight excluding hydrogens is 270 g/mol. The van der Waals surface area contributed by atoms with E-state index in [9.17, 15) is 0 Å². The van der Waals surface area contributed by atoms with Crippen LogP contribution in [0.3, 0.4) is 0 Å². The summed E-state index contributed by atoms with van der Waals surface area (Å²) in [5.74, 6) is 0.770. The second kappa shape index (κ2) is 5.10. The van der Waals surface area contributed by atoms with Gasteiger partial charge in [0.2, 0.25) is 5.95 Å². The summed E-state index contributed by atoms with van der Waals surface area (Å²) in [6.07, 6.45) is 5.01. The van der Waals surface area contributed by atoms with Crippen LogP contribution in [0.1, 0.15) is 18.9 Å². The lowest BCUT2D eigenvalue weighted by atomic mass is 10.1. The molecule has 2 unspecified atom stereocenters. The number of rotatable bonds is 3. The van der Waals surface area contributed by atoms with Crippen LogP contribution in [0.15, 0.2) is 12.4 Å². The Morgan fingerprint density at radius 1 is 1.50 bits per heavy atom. The second-order valence-electron chi connectivity index (χ2n) is 4.07. The molecule has 1 aromatic heterocycles. The highest BCUT2D eigenvalue weighted by atomic mass is 79.9. The number of aromatic nitrogens is 2. The Hall–Kier alpha value is -0.680. The van der Waals surface area contributed by atoms with Crippen LogP contribution in [-0.2, 0) is 10.1 Å². The number of likely N-dealkylation sites (N-methyl/N-ethyl adjacent to an activating group) is 1. The Kier molecular flexibility index (Phi) is 3.76. The van der Waals surface area contributed by atoms with Crippen molar-refractivity contribution in [3.63, 3.8) is 0 Å². The van der Waals surface area contributed by atoms with Crippen molar-refractivity contribution in [3.8, 4) is 0 Å². The number of ether oxygens (including phenoxy) is 1. The first-order valence-corrected chi connectivity index (χ1v) is 6.56. The third kappa shape index (κ3) is 2.35. The average molecular weight is 286 g/mol. The van der Waals surface area contributed by atoms with Crippen LogP contribution in [-0.4, -0.2) is 35.8 Å². The first-order chi connectivity index (χ1) is 7.72. The highest BCUT2D eigenvalue weighted by molar-refractivity contribution is 9.08. The second-order valence-corrected chi connectivity index (χ2v) is 4.63. The van der Waals surface area contributed by atoms with Gasteiger partial charge in [0.15, 0.2) is 0 Å². The first-order valence-electron chi connectivity index (χ1n) is 5.43. The normalized spacial score (nSPS) is 24.7. The van der Waals surface area contributed by atoms with Crippen molar-refractivity contribution < 1.29 is 4.74 Å². The maximum absolute atomic E-state index is 5.55. The fourth-order valence-electron chi connectivity index (χ4n) is 1.98. The lowest BCUT2D eigenvalue weighted by molar-refractivity contribution is 0.118. The van der Waals surface area contributed by atoms with Crippen LogP contribution < -0.4 is 4.90 Å². The maximum Gasteiger partial charge on any atom is 0.225 e. The molecule has 0 aromatic carbocycles. The third-order valence-corrected chi connectivity index (χ3v) is 3.64. The summed E-state index contributed by atoms with van der Waals surface area (Å²) in [6.45, 7) is 2.93. The van der Waals surface area contributed by atoms with Gasteiger partial charge >= 0.3 is 0 Å². The number of alkyl halides is 1. The molecule has 1 aliphatic rings. The quantitative estimate of drug-likeness (QED) is 0.796. The van der Waals surface area contributed by atoms with Crippen molar-refractivity contribution >= 4 is 21.9 Å². The van der Waals surface area contributed by atoms with E-state index in [1.165, 1.54) is 0 Å². The van der Waals surface area contributed by atoms with E-state index in [0.29, 0.717) is 6.04 Å². The van der Waals surface area contributed by atoms with Gasteiger partial charge in [-0.1, -0.05) is 15.9 Å². The molecular formula is C11H16BrN3O. The summed E-state index contributed by atoms with van der Waals surface area (Å²) in [5.41, 5.74) is 1.09. The Bertz CT molecular complexity index is 344. The molecule has 1 aromatic rings. The molecule has 4 nitrogen and oxygen atoms in total. The number of halogens is 1. The molecule has 0 spiro atoms. The van der Waals surface area contributed by atoms with Gasteiger partial charge in [0.25, 0.3) is 0 Å². The Morgan fingerprint density at radius 2 is 2.19 bits per heavy atom. The zero-order valence-corrected chi connectivity index (χ0v) is 11.1. The van der Waals surface area contributed by atoms with Crippen molar-refractivity contribution in [2.75, 3.05) is 18.6 Å². The van der Waals surface area contributed by atoms with Crippen molar-refractivity contribution in [2.24, 2.45) is 0 Å². The third-order valence-electron chi connectivity index (χ3n) is 3.00. The highest BCUT2D eigenvalue weighted by Gasteiger charge is 2.29. The predicted octanol–water partition coefficient (Wildman–Crippen LogP) is 1.99. The molecule has 0 aliphatic carbocycles. The maximum atomic E-state index is 5.55. The van der Waals surface area contributed by atoms with Gasteiger partial charge in [-0.15, -0.1) is 0 Å². The van der Waals surface area contributed by atoms with Gasteiger partial charge in [0.05, 0.1) is 12.1 Å². The monoisotopic (exact) mass is 285 g/mol. The first kappa shape index (κ1) is 11.8. The standard InChI is InChI=1S/C11H16BrN3O/c1-8-10(3-4-16-8)15(2)11-13-6-9(5-12)7-14-11/h6-8,10H,3-5H2,1-2H3. The molecule has 0 saturated carbocycles. The van der Waals surface area contributed by atoms with Crippen molar-refractivity contribution in [2.45, 2.75) is 30.8 Å². The summed E-state index contributed by atoms with van der Waals surface area (Å²) in [4.78, 5) is 10.8. The van der Waals surface area contributed by atoms with E-state index in [2.05, 4.69) is 37.7 Å². The molecule has 5 heteroatoms. The molecule has 1 fully saturated rings. The Morgan fingerprint density at radius 3 is 2.69 bits per heavy atom. The van der Waals surface area contributed by atoms with Crippen molar-refractivity contribution in [1.82, 2.24) is 9.97 Å². The number of nitrogens with zero attached hydrogens (tertiary/aromatic N) is 3. The number of hydrogen-bond acceptors (Lipinski definition) is 4. The van der Waals surface area contributed by atoms with Crippen LogP contribution in [0.2, 0.25) is 0 Å². The summed E-state index contributed by atoms with van der Waals surface area (Å²) in [5, 5.41) is 0.792. The van der Waals surface area contributed by atoms with E-state index in [0.717, 1.165) is 29.9 Å². The molecule has 0 radical (unpaired) electrons. The molecule has 0 N–H and O–H groups in total. The van der Waals surface area contributed by atoms with Gasteiger partial charge < -0.3 is 9.64 Å². The van der Waals surface area contributed by atoms with Gasteiger partial charge in [-0.2, -0.15) is 0 Å². The number of hydrogen-bond donors (Lipinski definition) is 0. The van der Waals surface area contributed by atoms with Crippen LogP contribution in [0.4, 0.5) is 5.95 Å². The summed E-state index contributed by atoms with van der Waals surface area (Å²) < 4.78 is 5.55. The van der Waals surface area contributed by atoms with Crippen LogP contribution >= 0.6 is 15.9 Å². The van der Waals surface area contributed by atoms with E-state index in [1.807, 2.05) is 19.4 Å². The van der Waals surface area contributed by atoms with Gasteiger partial charge in [-0.3, -0.25) is 0 Å². The summed E-state index contributed by atoms with van der Waals surface area (Å²) >= 11 is 3.38. The lowest BCUT2D eigenvalue weighted by Gasteiger charge is -2.26. The predicted molar refractivity (Wildman–Crippen MR) is 66.9 cm³/mol. The lowest BCUT2D eigenvalue weighted by Crippen LogP contribution is -2.37.